The maximum absolute atomic E-state index is 15.8. The summed E-state index contributed by atoms with van der Waals surface area (Å²) >= 11 is 0.958. The molecule has 2 aliphatic heterocycles. The van der Waals surface area contributed by atoms with E-state index < -0.39 is 11.6 Å². The summed E-state index contributed by atoms with van der Waals surface area (Å²) in [7, 11) is 0. The third kappa shape index (κ3) is 2.79. The lowest BCUT2D eigenvalue weighted by Gasteiger charge is -2.38. The van der Waals surface area contributed by atoms with Crippen LogP contribution in [0.5, 0.6) is 0 Å². The number of nitrogens with two attached hydrogens (primary N) is 1. The molecule has 1 amide bonds. The Morgan fingerprint density at radius 3 is 2.91 bits per heavy atom. The van der Waals surface area contributed by atoms with Gasteiger partial charge in [0, 0.05) is 43.2 Å². The Labute approximate surface area is 191 Å². The molecule has 10 heteroatoms. The van der Waals surface area contributed by atoms with Gasteiger partial charge in [-0.05, 0) is 24.1 Å². The molecule has 0 unspecified atom stereocenters. The lowest BCUT2D eigenvalue weighted by Crippen LogP contribution is -2.54. The van der Waals surface area contributed by atoms with Gasteiger partial charge in [0.1, 0.15) is 28.2 Å². The van der Waals surface area contributed by atoms with E-state index in [0.29, 0.717) is 42.8 Å². The Morgan fingerprint density at radius 1 is 1.24 bits per heavy atom. The molecule has 33 heavy (non-hydrogen) atoms. The molecule has 2 aliphatic rings. The van der Waals surface area contributed by atoms with Crippen LogP contribution in [0.3, 0.4) is 0 Å². The van der Waals surface area contributed by atoms with Crippen LogP contribution in [0, 0.1) is 23.0 Å². The van der Waals surface area contributed by atoms with Gasteiger partial charge in [0.15, 0.2) is 0 Å². The number of nitrogen functional groups attached to an aromatic ring is 1. The van der Waals surface area contributed by atoms with Crippen LogP contribution in [0.2, 0.25) is 0 Å². The van der Waals surface area contributed by atoms with Crippen LogP contribution in [-0.2, 0) is 6.54 Å². The lowest BCUT2D eigenvalue weighted by atomic mass is 9.94. The monoisotopic (exact) mass is 464 g/mol. The number of hydrogen-bond donors (Lipinski definition) is 2. The van der Waals surface area contributed by atoms with Crippen molar-refractivity contribution in [2.24, 2.45) is 0 Å². The quantitative estimate of drug-likeness (QED) is 0.449. The molecule has 4 aromatic rings. The van der Waals surface area contributed by atoms with E-state index in [1.165, 1.54) is 18.2 Å². The van der Waals surface area contributed by atoms with E-state index in [0.717, 1.165) is 17.8 Å². The summed E-state index contributed by atoms with van der Waals surface area (Å²) in [5.74, 6) is -1.40. The van der Waals surface area contributed by atoms with E-state index in [4.69, 9.17) is 5.73 Å². The molecule has 6 rings (SSSR count). The van der Waals surface area contributed by atoms with Crippen molar-refractivity contribution in [3.8, 4) is 17.2 Å². The molecule has 1 fully saturated rings. The number of hydrogen-bond acceptors (Lipinski definition) is 6. The number of nitriles is 1. The topological polar surface area (TPSA) is 100.0 Å². The maximum atomic E-state index is 15.8. The molecular weight excluding hydrogens is 446 g/mol. The van der Waals surface area contributed by atoms with Crippen LogP contribution >= 0.6 is 11.3 Å². The number of benzene rings is 2. The second-order valence-corrected chi connectivity index (χ2v) is 9.37. The number of carbonyl (C=O) groups is 1. The molecule has 166 valence electrons. The number of aromatic nitrogens is 2. The van der Waals surface area contributed by atoms with Crippen molar-refractivity contribution in [1.29, 1.82) is 5.26 Å². The minimum atomic E-state index is -0.648. The SMILES string of the molecule is N#Cc1c(N)sc2c(F)ccc(-c3c(F)cc4c5c3ncn5CC[C@H]3CNCCN3C4=O)c12. The van der Waals surface area contributed by atoms with E-state index in [-0.39, 0.29) is 43.7 Å². The highest BCUT2D eigenvalue weighted by molar-refractivity contribution is 7.23. The summed E-state index contributed by atoms with van der Waals surface area (Å²) < 4.78 is 32.4. The number of nitrogens with zero attached hydrogens (tertiary/aromatic N) is 4. The number of amides is 1. The van der Waals surface area contributed by atoms with Crippen molar-refractivity contribution in [2.75, 3.05) is 25.4 Å². The first kappa shape index (κ1) is 20.1. The number of piperazine rings is 1. The van der Waals surface area contributed by atoms with Crippen LogP contribution in [0.15, 0.2) is 24.5 Å². The second-order valence-electron chi connectivity index (χ2n) is 8.31. The number of anilines is 1. The van der Waals surface area contributed by atoms with Gasteiger partial charge >= 0.3 is 0 Å². The molecule has 0 saturated carbocycles. The maximum Gasteiger partial charge on any atom is 0.256 e. The fourth-order valence-corrected chi connectivity index (χ4v) is 6.00. The normalized spacial score (nSPS) is 18.3. The highest BCUT2D eigenvalue weighted by Gasteiger charge is 2.33. The fourth-order valence-electron chi connectivity index (χ4n) is 5.05. The van der Waals surface area contributed by atoms with Gasteiger partial charge in [-0.3, -0.25) is 4.79 Å². The van der Waals surface area contributed by atoms with Gasteiger partial charge < -0.3 is 20.5 Å². The van der Waals surface area contributed by atoms with Crippen molar-refractivity contribution < 1.29 is 13.6 Å². The average Bonchev–Trinajstić information content (AvgIpc) is 3.38. The summed E-state index contributed by atoms with van der Waals surface area (Å²) in [4.78, 5) is 19.7. The molecular formula is C23H18F2N6OS. The van der Waals surface area contributed by atoms with E-state index in [1.807, 2.05) is 15.5 Å². The standard InChI is InChI=1S/C23H18F2N6OS/c24-15-2-1-12(17-14(8-26)22(27)33-21(15)17)18-16(25)7-13-20-19(18)29-10-30(20)5-3-11-9-28-4-6-31(11)23(13)32/h1-2,7,10-11,28H,3-6,9,27H2/t11-/m0/s1. The Hall–Kier alpha value is -3.55. The zero-order valence-corrected chi connectivity index (χ0v) is 18.2. The van der Waals surface area contributed by atoms with Crippen LogP contribution in [0.25, 0.3) is 32.2 Å². The molecule has 0 spiro atoms. The number of nitrogens with one attached hydrogen (secondary N) is 1. The number of thiophene rings is 1. The number of imidazole rings is 1. The molecule has 1 saturated heterocycles. The Kier molecular flexibility index (Phi) is 4.40. The van der Waals surface area contributed by atoms with Gasteiger partial charge in [0.2, 0.25) is 0 Å². The number of halogens is 2. The molecule has 2 aromatic heterocycles. The molecule has 3 N–H and O–H groups in total. The van der Waals surface area contributed by atoms with Crippen molar-refractivity contribution in [2.45, 2.75) is 19.0 Å². The third-order valence-electron chi connectivity index (χ3n) is 6.58. The van der Waals surface area contributed by atoms with Crippen molar-refractivity contribution >= 4 is 43.4 Å². The minimum absolute atomic E-state index is 0.0308. The van der Waals surface area contributed by atoms with Gasteiger partial charge in [-0.1, -0.05) is 6.07 Å². The predicted molar refractivity (Wildman–Crippen MR) is 122 cm³/mol. The Balaban J connectivity index is 1.66. The largest absolute Gasteiger partial charge is 0.389 e. The van der Waals surface area contributed by atoms with Gasteiger partial charge in [0.25, 0.3) is 5.91 Å². The molecule has 4 heterocycles. The summed E-state index contributed by atoms with van der Waals surface area (Å²) in [6, 6.07) is 5.99. The molecule has 0 aliphatic carbocycles. The van der Waals surface area contributed by atoms with Gasteiger partial charge in [-0.25, -0.2) is 13.8 Å². The van der Waals surface area contributed by atoms with Gasteiger partial charge in [0.05, 0.1) is 27.7 Å². The zero-order valence-electron chi connectivity index (χ0n) is 17.4. The summed E-state index contributed by atoms with van der Waals surface area (Å²) in [6.07, 6.45) is 2.36. The highest BCUT2D eigenvalue weighted by atomic mass is 32.1. The number of carbonyl (C=O) groups excluding carboxylic acids is 1. The Bertz CT molecular complexity index is 1520. The van der Waals surface area contributed by atoms with E-state index in [9.17, 15) is 14.4 Å². The van der Waals surface area contributed by atoms with Gasteiger partial charge in [-0.2, -0.15) is 5.26 Å². The predicted octanol–water partition coefficient (Wildman–Crippen LogP) is 3.47. The fraction of sp³-hybridized carbons (Fsp3) is 0.261. The first-order chi connectivity index (χ1) is 16.0. The summed E-state index contributed by atoms with van der Waals surface area (Å²) in [5, 5.41) is 13.4. The van der Waals surface area contributed by atoms with Crippen molar-refractivity contribution in [3.63, 3.8) is 0 Å². The molecule has 0 bridgehead atoms. The van der Waals surface area contributed by atoms with Crippen LogP contribution in [0.4, 0.5) is 13.8 Å². The van der Waals surface area contributed by atoms with Crippen LogP contribution in [0.1, 0.15) is 22.3 Å². The van der Waals surface area contributed by atoms with E-state index in [2.05, 4.69) is 10.3 Å². The summed E-state index contributed by atoms with van der Waals surface area (Å²) in [5.41, 5.74) is 7.68. The van der Waals surface area contributed by atoms with Gasteiger partial charge in [-0.15, -0.1) is 11.3 Å². The first-order valence-corrected chi connectivity index (χ1v) is 11.4. The number of aryl methyl sites for hydroxylation is 1. The molecule has 2 aromatic carbocycles. The smallest absolute Gasteiger partial charge is 0.256 e. The third-order valence-corrected chi connectivity index (χ3v) is 7.61. The highest BCUT2D eigenvalue weighted by Crippen LogP contribution is 2.44. The number of fused-ring (bicyclic) bond motifs is 2. The summed E-state index contributed by atoms with van der Waals surface area (Å²) in [6.45, 7) is 2.57. The Morgan fingerprint density at radius 2 is 2.09 bits per heavy atom. The molecule has 0 radical (unpaired) electrons. The molecule has 7 nitrogen and oxygen atoms in total. The molecule has 1 atom stereocenters. The van der Waals surface area contributed by atoms with Crippen LogP contribution < -0.4 is 11.1 Å². The zero-order chi connectivity index (χ0) is 22.9. The van der Waals surface area contributed by atoms with Crippen LogP contribution in [-0.4, -0.2) is 46.0 Å². The minimum Gasteiger partial charge on any atom is -0.389 e. The second kappa shape index (κ2) is 7.23. The lowest BCUT2D eigenvalue weighted by molar-refractivity contribution is 0.0615. The first-order valence-electron chi connectivity index (χ1n) is 10.6. The average molecular weight is 465 g/mol. The van der Waals surface area contributed by atoms with E-state index in [1.54, 1.807) is 6.33 Å². The van der Waals surface area contributed by atoms with Crippen molar-refractivity contribution in [1.82, 2.24) is 19.8 Å². The van der Waals surface area contributed by atoms with Crippen molar-refractivity contribution in [3.05, 3.63) is 47.3 Å². The van der Waals surface area contributed by atoms with E-state index >= 15 is 4.39 Å². The number of rotatable bonds is 1.